The van der Waals surface area contributed by atoms with Crippen LogP contribution in [0.1, 0.15) is 57.4 Å². The zero-order valence-corrected chi connectivity index (χ0v) is 33.5. The van der Waals surface area contributed by atoms with Gasteiger partial charge in [0.25, 0.3) is 0 Å². The smallest absolute Gasteiger partial charge is 0.119 e. The van der Waals surface area contributed by atoms with Crippen molar-refractivity contribution in [1.29, 1.82) is 0 Å². The lowest BCUT2D eigenvalue weighted by atomic mass is 10.0. The fraction of sp³-hybridized carbons (Fsp3) is 0.850. The van der Waals surface area contributed by atoms with Gasteiger partial charge in [-0.25, -0.2) is 0 Å². The van der Waals surface area contributed by atoms with Gasteiger partial charge in [-0.1, -0.05) is 57.6 Å². The van der Waals surface area contributed by atoms with E-state index < -0.39 is 0 Å². The first-order chi connectivity index (χ1) is 25.5. The Bertz CT molecular complexity index is 842. The molecule has 306 valence electrons. The van der Waals surface area contributed by atoms with Crippen molar-refractivity contribution in [2.75, 3.05) is 166 Å². The molecule has 0 N–H and O–H groups in total. The SMILES string of the molecule is CCCCCCCCCc1ccc(OCCOCCOCCOCCOCCOCCOCCOCCOCCOCCOCC[N+](C)(C)C)cc1. The van der Waals surface area contributed by atoms with Crippen molar-refractivity contribution in [2.24, 2.45) is 0 Å². The Morgan fingerprint density at radius 2 is 0.673 bits per heavy atom. The van der Waals surface area contributed by atoms with Crippen molar-refractivity contribution in [3.8, 4) is 5.75 Å². The van der Waals surface area contributed by atoms with Crippen LogP contribution in [0.25, 0.3) is 0 Å². The summed E-state index contributed by atoms with van der Waals surface area (Å²) in [5.41, 5.74) is 1.38. The van der Waals surface area contributed by atoms with Gasteiger partial charge in [0.1, 0.15) is 18.9 Å². The maximum Gasteiger partial charge on any atom is 0.119 e. The number of rotatable bonds is 42. The highest BCUT2D eigenvalue weighted by atomic mass is 16.6. The molecular weight excluding hydrogens is 670 g/mol. The number of aryl methyl sites for hydroxylation is 1. The third-order valence-electron chi connectivity index (χ3n) is 7.74. The molecule has 0 aliphatic heterocycles. The Balaban J connectivity index is 1.69. The molecule has 0 unspecified atom stereocenters. The molecule has 0 fully saturated rings. The van der Waals surface area contributed by atoms with Crippen molar-refractivity contribution in [1.82, 2.24) is 0 Å². The fourth-order valence-electron chi connectivity index (χ4n) is 4.68. The Morgan fingerprint density at radius 3 is 1.02 bits per heavy atom. The van der Waals surface area contributed by atoms with E-state index in [2.05, 4.69) is 52.3 Å². The molecule has 0 aromatic heterocycles. The van der Waals surface area contributed by atoms with E-state index in [4.69, 9.17) is 52.1 Å². The predicted octanol–water partition coefficient (Wildman–Crippen LogP) is 5.23. The van der Waals surface area contributed by atoms with Crippen LogP contribution in [0.15, 0.2) is 24.3 Å². The standard InChI is InChI=1S/C40H76NO11/c1-5-6-7-8-9-10-11-12-39-13-15-40(16-14-39)52-38-37-51-36-35-50-34-33-49-32-31-48-30-29-47-28-27-46-26-25-45-24-23-44-22-21-43-20-19-42-18-17-41(2,3)4/h13-16H,5-12,17-38H2,1-4H3/q+1. The molecule has 0 spiro atoms. The number of unbranched alkanes of at least 4 members (excludes halogenated alkanes) is 6. The monoisotopic (exact) mass is 747 g/mol. The van der Waals surface area contributed by atoms with Gasteiger partial charge < -0.3 is 56.6 Å². The second kappa shape index (κ2) is 37.9. The summed E-state index contributed by atoms with van der Waals surface area (Å²) in [6.07, 6.45) is 10.5. The van der Waals surface area contributed by atoms with Crippen LogP contribution in [0.5, 0.6) is 5.75 Å². The molecule has 0 heterocycles. The third-order valence-corrected chi connectivity index (χ3v) is 7.74. The summed E-state index contributed by atoms with van der Waals surface area (Å²) < 4.78 is 61.9. The van der Waals surface area contributed by atoms with Gasteiger partial charge in [0.05, 0.1) is 153 Å². The predicted molar refractivity (Wildman–Crippen MR) is 205 cm³/mol. The molecule has 0 bridgehead atoms. The maximum atomic E-state index is 5.79. The van der Waals surface area contributed by atoms with Crippen molar-refractivity contribution < 1.29 is 56.6 Å². The van der Waals surface area contributed by atoms with Gasteiger partial charge in [-0.2, -0.15) is 0 Å². The number of hydrogen-bond acceptors (Lipinski definition) is 11. The van der Waals surface area contributed by atoms with Crippen molar-refractivity contribution in [3.63, 3.8) is 0 Å². The van der Waals surface area contributed by atoms with E-state index in [9.17, 15) is 0 Å². The Labute approximate surface area is 316 Å². The zero-order valence-electron chi connectivity index (χ0n) is 33.5. The van der Waals surface area contributed by atoms with Gasteiger partial charge in [0.2, 0.25) is 0 Å². The molecule has 1 aromatic rings. The lowest BCUT2D eigenvalue weighted by Crippen LogP contribution is -2.37. The first-order valence-electron chi connectivity index (χ1n) is 19.8. The van der Waals surface area contributed by atoms with Gasteiger partial charge in [-0.05, 0) is 30.5 Å². The zero-order chi connectivity index (χ0) is 37.5. The van der Waals surface area contributed by atoms with E-state index in [1.807, 2.05) is 0 Å². The summed E-state index contributed by atoms with van der Waals surface area (Å²) in [6, 6.07) is 8.46. The maximum absolute atomic E-state index is 5.79. The highest BCUT2D eigenvalue weighted by molar-refractivity contribution is 5.27. The number of quaternary nitrogens is 1. The highest BCUT2D eigenvalue weighted by Crippen LogP contribution is 2.15. The Morgan fingerprint density at radius 1 is 0.365 bits per heavy atom. The van der Waals surface area contributed by atoms with E-state index in [-0.39, 0.29) is 0 Å². The molecular formula is C40H76NO11+. The second-order valence-corrected chi connectivity index (χ2v) is 13.5. The molecule has 52 heavy (non-hydrogen) atoms. The summed E-state index contributed by atoms with van der Waals surface area (Å²) in [5.74, 6) is 0.889. The van der Waals surface area contributed by atoms with Gasteiger partial charge in [-0.3, -0.25) is 0 Å². The minimum atomic E-state index is 0.518. The molecule has 1 rings (SSSR count). The van der Waals surface area contributed by atoms with Crippen LogP contribution in [0.2, 0.25) is 0 Å². The van der Waals surface area contributed by atoms with E-state index in [1.54, 1.807) is 0 Å². The van der Waals surface area contributed by atoms with Gasteiger partial charge in [-0.15, -0.1) is 0 Å². The topological polar surface area (TPSA) is 102 Å². The van der Waals surface area contributed by atoms with Gasteiger partial charge in [0.15, 0.2) is 0 Å². The van der Waals surface area contributed by atoms with Crippen LogP contribution >= 0.6 is 0 Å². The normalized spacial score (nSPS) is 11.8. The quantitative estimate of drug-likeness (QED) is 0.0650. The molecule has 0 atom stereocenters. The molecule has 12 heteroatoms. The van der Waals surface area contributed by atoms with E-state index in [0.29, 0.717) is 132 Å². The average Bonchev–Trinajstić information content (AvgIpc) is 3.13. The molecule has 0 aliphatic carbocycles. The summed E-state index contributed by atoms with van der Waals surface area (Å²) in [5, 5.41) is 0. The summed E-state index contributed by atoms with van der Waals surface area (Å²) in [4.78, 5) is 0. The van der Waals surface area contributed by atoms with Gasteiger partial charge >= 0.3 is 0 Å². The molecule has 0 amide bonds. The highest BCUT2D eigenvalue weighted by Gasteiger charge is 2.05. The molecule has 0 saturated heterocycles. The molecule has 12 nitrogen and oxygen atoms in total. The minimum Gasteiger partial charge on any atom is -0.491 e. The average molecular weight is 747 g/mol. The lowest BCUT2D eigenvalue weighted by Gasteiger charge is -2.23. The van der Waals surface area contributed by atoms with E-state index in [0.717, 1.165) is 29.8 Å². The minimum absolute atomic E-state index is 0.518. The number of likely N-dealkylation sites (N-methyl/N-ethyl adjacent to an activating group) is 1. The molecule has 0 radical (unpaired) electrons. The second-order valence-electron chi connectivity index (χ2n) is 13.5. The number of ether oxygens (including phenoxy) is 11. The van der Waals surface area contributed by atoms with Crippen LogP contribution < -0.4 is 4.74 Å². The first-order valence-corrected chi connectivity index (χ1v) is 19.8. The van der Waals surface area contributed by atoms with Crippen molar-refractivity contribution in [3.05, 3.63) is 29.8 Å². The van der Waals surface area contributed by atoms with Crippen LogP contribution in [-0.4, -0.2) is 171 Å². The summed E-state index contributed by atoms with van der Waals surface area (Å²) in [7, 11) is 6.45. The molecule has 0 aliphatic rings. The van der Waals surface area contributed by atoms with E-state index in [1.165, 1.54) is 50.5 Å². The number of benzene rings is 1. The summed E-state index contributed by atoms with van der Waals surface area (Å²) >= 11 is 0. The van der Waals surface area contributed by atoms with Crippen LogP contribution in [0.4, 0.5) is 0 Å². The third kappa shape index (κ3) is 36.9. The van der Waals surface area contributed by atoms with Crippen molar-refractivity contribution >= 4 is 0 Å². The van der Waals surface area contributed by atoms with Crippen LogP contribution in [-0.2, 0) is 53.8 Å². The Kier molecular flexibility index (Phi) is 35.4. The first kappa shape index (κ1) is 48.6. The fourth-order valence-corrected chi connectivity index (χ4v) is 4.68. The summed E-state index contributed by atoms with van der Waals surface area (Å²) in [6.45, 7) is 14.7. The lowest BCUT2D eigenvalue weighted by molar-refractivity contribution is -0.870. The number of hydrogen-bond donors (Lipinski definition) is 0. The Hall–Kier alpha value is -1.42. The van der Waals surface area contributed by atoms with Crippen molar-refractivity contribution in [2.45, 2.75) is 58.3 Å². The molecule has 1 aromatic carbocycles. The molecule has 0 saturated carbocycles. The van der Waals surface area contributed by atoms with Crippen LogP contribution in [0.3, 0.4) is 0 Å². The van der Waals surface area contributed by atoms with E-state index >= 15 is 0 Å². The number of nitrogens with zero attached hydrogens (tertiary/aromatic N) is 1. The van der Waals surface area contributed by atoms with Gasteiger partial charge in [0, 0.05) is 0 Å². The largest absolute Gasteiger partial charge is 0.491 e. The van der Waals surface area contributed by atoms with Crippen LogP contribution in [0, 0.1) is 0 Å².